The number of carbonyl (C=O) groups excluding carboxylic acids is 1. The number of hydrogen-bond donors (Lipinski definition) is 1. The molecule has 2 aromatic carbocycles. The van der Waals surface area contributed by atoms with E-state index in [2.05, 4.69) is 9.46 Å². The molecule has 8 nitrogen and oxygen atoms in total. The number of nitro groups is 1. The van der Waals surface area contributed by atoms with Crippen molar-refractivity contribution in [2.75, 3.05) is 7.11 Å². The third kappa shape index (κ3) is 4.53. The summed E-state index contributed by atoms with van der Waals surface area (Å²) < 4.78 is 31.5. The molecule has 0 saturated heterocycles. The Balaban J connectivity index is 2.20. The van der Waals surface area contributed by atoms with Gasteiger partial charge in [0.15, 0.2) is 4.90 Å². The first-order chi connectivity index (χ1) is 11.7. The molecule has 10 heteroatoms. The van der Waals surface area contributed by atoms with Crippen molar-refractivity contribution in [3.05, 3.63) is 68.7 Å². The second-order valence-electron chi connectivity index (χ2n) is 4.88. The average Bonchev–Trinajstić information content (AvgIpc) is 2.59. The Morgan fingerprint density at radius 3 is 2.44 bits per heavy atom. The number of nitrogens with one attached hydrogen (secondary N) is 1. The summed E-state index contributed by atoms with van der Waals surface area (Å²) in [6.45, 7) is -0.108. The highest BCUT2D eigenvalue weighted by Crippen LogP contribution is 2.27. The van der Waals surface area contributed by atoms with E-state index < -0.39 is 31.5 Å². The number of sulfonamides is 1. The van der Waals surface area contributed by atoms with Gasteiger partial charge in [-0.2, -0.15) is 0 Å². The van der Waals surface area contributed by atoms with Gasteiger partial charge in [0.25, 0.3) is 5.69 Å². The zero-order valence-corrected chi connectivity index (χ0v) is 14.5. The van der Waals surface area contributed by atoms with Gasteiger partial charge in [0.2, 0.25) is 10.0 Å². The number of rotatable bonds is 6. The topological polar surface area (TPSA) is 116 Å². The van der Waals surface area contributed by atoms with Crippen LogP contribution in [0.1, 0.15) is 15.9 Å². The number of esters is 1. The Kier molecular flexibility index (Phi) is 5.73. The highest BCUT2D eigenvalue weighted by molar-refractivity contribution is 7.89. The van der Waals surface area contributed by atoms with E-state index in [9.17, 15) is 23.3 Å². The molecule has 0 aliphatic heterocycles. The van der Waals surface area contributed by atoms with Crippen LogP contribution in [-0.4, -0.2) is 26.4 Å². The summed E-state index contributed by atoms with van der Waals surface area (Å²) in [5.41, 5.74) is 0.274. The number of ether oxygens (including phenoxy) is 1. The maximum Gasteiger partial charge on any atom is 0.337 e. The van der Waals surface area contributed by atoms with Gasteiger partial charge >= 0.3 is 5.97 Å². The monoisotopic (exact) mass is 384 g/mol. The SMILES string of the molecule is COC(=O)c1ccc(CNS(=O)(=O)c2ccc(Cl)cc2[N+](=O)[O-])cc1. The van der Waals surface area contributed by atoms with E-state index in [4.69, 9.17) is 11.6 Å². The minimum Gasteiger partial charge on any atom is -0.465 e. The zero-order chi connectivity index (χ0) is 18.6. The van der Waals surface area contributed by atoms with Gasteiger partial charge in [-0.25, -0.2) is 17.9 Å². The lowest BCUT2D eigenvalue weighted by atomic mass is 10.1. The van der Waals surface area contributed by atoms with E-state index in [0.29, 0.717) is 11.1 Å². The van der Waals surface area contributed by atoms with Crippen LogP contribution in [0, 0.1) is 10.1 Å². The number of methoxy groups -OCH3 is 1. The second kappa shape index (κ2) is 7.60. The number of carbonyl (C=O) groups is 1. The van der Waals surface area contributed by atoms with Crippen LogP contribution in [0.3, 0.4) is 0 Å². The molecule has 0 aliphatic carbocycles. The molecule has 0 heterocycles. The molecule has 2 rings (SSSR count). The van der Waals surface area contributed by atoms with Crippen LogP contribution in [0.25, 0.3) is 0 Å². The van der Waals surface area contributed by atoms with Gasteiger partial charge < -0.3 is 4.74 Å². The van der Waals surface area contributed by atoms with Gasteiger partial charge in [-0.1, -0.05) is 23.7 Å². The number of benzene rings is 2. The third-order valence-electron chi connectivity index (χ3n) is 3.25. The summed E-state index contributed by atoms with van der Waals surface area (Å²) in [6.07, 6.45) is 0. The van der Waals surface area contributed by atoms with Crippen molar-refractivity contribution in [2.24, 2.45) is 0 Å². The van der Waals surface area contributed by atoms with Gasteiger partial charge in [-0.05, 0) is 29.8 Å². The second-order valence-corrected chi connectivity index (χ2v) is 7.05. The molecule has 0 unspecified atom stereocenters. The standard InChI is InChI=1S/C15H13ClN2O6S/c1-24-15(19)11-4-2-10(3-5-11)9-17-25(22,23)14-7-6-12(16)8-13(14)18(20)21/h2-8,17H,9H2,1H3. The average molecular weight is 385 g/mol. The molecule has 132 valence electrons. The molecule has 1 N–H and O–H groups in total. The number of hydrogen-bond acceptors (Lipinski definition) is 6. The minimum absolute atomic E-state index is 0.0593. The Hall–Kier alpha value is -2.49. The lowest BCUT2D eigenvalue weighted by molar-refractivity contribution is -0.387. The number of nitrogens with zero attached hydrogens (tertiary/aromatic N) is 1. The predicted octanol–water partition coefficient (Wildman–Crippen LogP) is 2.51. The molecule has 0 aliphatic rings. The van der Waals surface area contributed by atoms with E-state index in [1.54, 1.807) is 12.1 Å². The molecule has 25 heavy (non-hydrogen) atoms. The Morgan fingerprint density at radius 2 is 1.88 bits per heavy atom. The van der Waals surface area contributed by atoms with Gasteiger partial charge in [0.05, 0.1) is 17.6 Å². The normalized spacial score (nSPS) is 11.1. The molecule has 0 amide bonds. The summed E-state index contributed by atoms with van der Waals surface area (Å²) in [5.74, 6) is -0.510. The lowest BCUT2D eigenvalue weighted by Crippen LogP contribution is -2.24. The molecule has 0 fully saturated rings. The van der Waals surface area contributed by atoms with Crippen LogP contribution < -0.4 is 4.72 Å². The largest absolute Gasteiger partial charge is 0.465 e. The summed E-state index contributed by atoms with van der Waals surface area (Å²) >= 11 is 5.68. The fraction of sp³-hybridized carbons (Fsp3) is 0.133. The van der Waals surface area contributed by atoms with Crippen LogP contribution in [0.15, 0.2) is 47.4 Å². The fourth-order valence-corrected chi connectivity index (χ4v) is 3.33. The van der Waals surface area contributed by atoms with Crippen molar-refractivity contribution in [1.82, 2.24) is 4.72 Å². The quantitative estimate of drug-likeness (QED) is 0.464. The van der Waals surface area contributed by atoms with Crippen molar-refractivity contribution in [3.63, 3.8) is 0 Å². The van der Waals surface area contributed by atoms with Crippen molar-refractivity contribution < 1.29 is 22.9 Å². The van der Waals surface area contributed by atoms with Crippen molar-refractivity contribution in [1.29, 1.82) is 0 Å². The predicted molar refractivity (Wildman–Crippen MR) is 89.9 cm³/mol. The van der Waals surface area contributed by atoms with E-state index in [-0.39, 0.29) is 11.6 Å². The first-order valence-corrected chi connectivity index (χ1v) is 8.71. The minimum atomic E-state index is -4.12. The first kappa shape index (κ1) is 18.8. The number of nitro benzene ring substituents is 1. The van der Waals surface area contributed by atoms with E-state index in [1.807, 2.05) is 0 Å². The highest BCUT2D eigenvalue weighted by Gasteiger charge is 2.25. The Morgan fingerprint density at radius 1 is 1.24 bits per heavy atom. The summed E-state index contributed by atoms with van der Waals surface area (Å²) in [5, 5.41) is 11.1. The van der Waals surface area contributed by atoms with Crippen LogP contribution in [0.2, 0.25) is 5.02 Å². The Labute approximate surface area is 148 Å². The van der Waals surface area contributed by atoms with Crippen molar-refractivity contribution >= 4 is 33.3 Å². The smallest absolute Gasteiger partial charge is 0.337 e. The molecule has 0 aromatic heterocycles. The molecule has 0 spiro atoms. The lowest BCUT2D eigenvalue weighted by Gasteiger charge is -2.08. The first-order valence-electron chi connectivity index (χ1n) is 6.85. The molecular weight excluding hydrogens is 372 g/mol. The third-order valence-corrected chi connectivity index (χ3v) is 4.93. The van der Waals surface area contributed by atoms with Crippen LogP contribution in [-0.2, 0) is 21.3 Å². The molecule has 0 atom stereocenters. The van der Waals surface area contributed by atoms with Crippen molar-refractivity contribution in [2.45, 2.75) is 11.4 Å². The molecular formula is C15H13ClN2O6S. The maximum absolute atomic E-state index is 12.3. The van der Waals surface area contributed by atoms with E-state index >= 15 is 0 Å². The van der Waals surface area contributed by atoms with Crippen molar-refractivity contribution in [3.8, 4) is 0 Å². The van der Waals surface area contributed by atoms with Gasteiger partial charge in [-0.15, -0.1) is 0 Å². The van der Waals surface area contributed by atoms with Gasteiger partial charge in [-0.3, -0.25) is 10.1 Å². The maximum atomic E-state index is 12.3. The summed E-state index contributed by atoms with van der Waals surface area (Å²) in [7, 11) is -2.87. The Bertz CT molecular complexity index is 912. The zero-order valence-electron chi connectivity index (χ0n) is 12.9. The summed E-state index contributed by atoms with van der Waals surface area (Å²) in [4.78, 5) is 21.1. The summed E-state index contributed by atoms with van der Waals surface area (Å²) in [6, 6.07) is 9.37. The van der Waals surface area contributed by atoms with E-state index in [1.165, 1.54) is 25.3 Å². The van der Waals surface area contributed by atoms with Crippen LogP contribution in [0.5, 0.6) is 0 Å². The van der Waals surface area contributed by atoms with E-state index in [0.717, 1.165) is 12.1 Å². The van der Waals surface area contributed by atoms with Gasteiger partial charge in [0, 0.05) is 17.6 Å². The van der Waals surface area contributed by atoms with Gasteiger partial charge in [0.1, 0.15) is 0 Å². The molecule has 0 radical (unpaired) electrons. The fourth-order valence-electron chi connectivity index (χ4n) is 1.99. The van der Waals surface area contributed by atoms with Crippen LogP contribution >= 0.6 is 11.6 Å². The number of halogens is 1. The molecule has 0 saturated carbocycles. The molecule has 2 aromatic rings. The highest BCUT2D eigenvalue weighted by atomic mass is 35.5. The van der Waals surface area contributed by atoms with Crippen LogP contribution in [0.4, 0.5) is 5.69 Å². The molecule has 0 bridgehead atoms.